The second kappa shape index (κ2) is 13.9. The van der Waals surface area contributed by atoms with E-state index in [9.17, 15) is 9.59 Å². The summed E-state index contributed by atoms with van der Waals surface area (Å²) in [5.74, 6) is 2.11. The molecule has 3 aromatic carbocycles. The van der Waals surface area contributed by atoms with Crippen molar-refractivity contribution in [3.05, 3.63) is 83.7 Å². The lowest BCUT2D eigenvalue weighted by atomic mass is 9.98. The highest BCUT2D eigenvalue weighted by Gasteiger charge is 2.40. The van der Waals surface area contributed by atoms with Gasteiger partial charge in [-0.2, -0.15) is 0 Å². The average molecular weight is 737 g/mol. The molecule has 5 aromatic rings. The van der Waals surface area contributed by atoms with E-state index in [-0.39, 0.29) is 24.3 Å². The smallest absolute Gasteiger partial charge is 0.410 e. The summed E-state index contributed by atoms with van der Waals surface area (Å²) < 4.78 is 11.4. The molecule has 2 aliphatic heterocycles. The van der Waals surface area contributed by atoms with E-state index in [1.165, 1.54) is 0 Å². The minimum Gasteiger partial charge on any atom is -0.444 e. The zero-order valence-corrected chi connectivity index (χ0v) is 32.5. The average Bonchev–Trinajstić information content (AvgIpc) is 3.88. The number of aromatic nitrogens is 4. The highest BCUT2D eigenvalue weighted by molar-refractivity contribution is 6.32. The Morgan fingerprint density at radius 3 is 1.75 bits per heavy atom. The van der Waals surface area contributed by atoms with Crippen molar-refractivity contribution in [2.75, 3.05) is 13.1 Å². The topological polar surface area (TPSA) is 116 Å². The van der Waals surface area contributed by atoms with E-state index in [2.05, 4.69) is 83.4 Å². The predicted octanol–water partition coefficient (Wildman–Crippen LogP) is 10.6. The fourth-order valence-electron chi connectivity index (χ4n) is 7.45. The molecule has 2 aromatic heterocycles. The summed E-state index contributed by atoms with van der Waals surface area (Å²) in [6, 6.07) is 20.7. The fourth-order valence-corrected chi connectivity index (χ4v) is 7.70. The first-order valence-electron chi connectivity index (χ1n) is 18.5. The molecule has 278 valence electrons. The number of imidazole rings is 2. The van der Waals surface area contributed by atoms with Crippen LogP contribution in [0.15, 0.2) is 66.9 Å². The van der Waals surface area contributed by atoms with Crippen LogP contribution < -0.4 is 0 Å². The Labute approximate surface area is 316 Å². The van der Waals surface area contributed by atoms with Crippen LogP contribution in [-0.4, -0.2) is 66.2 Å². The Morgan fingerprint density at radius 1 is 0.698 bits per heavy atom. The molecule has 2 fully saturated rings. The number of nitrogens with one attached hydrogen (secondary N) is 2. The van der Waals surface area contributed by atoms with Crippen LogP contribution in [0.3, 0.4) is 0 Å². The van der Waals surface area contributed by atoms with Gasteiger partial charge in [0.1, 0.15) is 22.9 Å². The molecular formula is C42H49ClN6O4. The van der Waals surface area contributed by atoms with Crippen molar-refractivity contribution in [2.24, 2.45) is 11.8 Å². The lowest BCUT2D eigenvalue weighted by molar-refractivity contribution is 0.0204. The molecular weight excluding hydrogens is 688 g/mol. The molecule has 53 heavy (non-hydrogen) atoms. The number of carbonyl (C=O) groups excluding carboxylic acids is 2. The Morgan fingerprint density at radius 2 is 1.19 bits per heavy atom. The van der Waals surface area contributed by atoms with Gasteiger partial charge >= 0.3 is 12.2 Å². The molecule has 7 rings (SSSR count). The second-order valence-corrected chi connectivity index (χ2v) is 17.2. The number of fused-ring (bicyclic) bond motifs is 1. The molecule has 2 amide bonds. The quantitative estimate of drug-likeness (QED) is 0.186. The zero-order valence-electron chi connectivity index (χ0n) is 31.8. The summed E-state index contributed by atoms with van der Waals surface area (Å²) in [6.07, 6.45) is 2.81. The number of halogens is 1. The molecule has 4 heterocycles. The van der Waals surface area contributed by atoms with Crippen LogP contribution in [0.1, 0.15) is 92.0 Å². The normalized spacial score (nSPS) is 20.7. The molecule has 0 aliphatic carbocycles. The largest absolute Gasteiger partial charge is 0.444 e. The van der Waals surface area contributed by atoms with Gasteiger partial charge in [0.25, 0.3) is 0 Å². The van der Waals surface area contributed by atoms with Crippen molar-refractivity contribution in [3.8, 4) is 33.6 Å². The third kappa shape index (κ3) is 7.93. The van der Waals surface area contributed by atoms with Gasteiger partial charge in [-0.15, -0.1) is 0 Å². The number of rotatable bonds is 5. The van der Waals surface area contributed by atoms with Crippen molar-refractivity contribution in [2.45, 2.75) is 91.5 Å². The number of hydrogen-bond donors (Lipinski definition) is 2. The molecule has 4 atom stereocenters. The maximum Gasteiger partial charge on any atom is 0.410 e. The van der Waals surface area contributed by atoms with Gasteiger partial charge in [0.15, 0.2) is 5.15 Å². The summed E-state index contributed by atoms with van der Waals surface area (Å²) in [4.78, 5) is 45.8. The number of amides is 2. The number of hydrogen-bond acceptors (Lipinski definition) is 6. The lowest BCUT2D eigenvalue weighted by Gasteiger charge is -2.27. The van der Waals surface area contributed by atoms with Gasteiger partial charge in [-0.25, -0.2) is 19.6 Å². The van der Waals surface area contributed by atoms with Gasteiger partial charge in [0.05, 0.1) is 29.7 Å². The Bertz CT molecular complexity index is 2140. The molecule has 11 heteroatoms. The van der Waals surface area contributed by atoms with Crippen LogP contribution in [0.25, 0.3) is 44.4 Å². The molecule has 2 unspecified atom stereocenters. The zero-order chi connectivity index (χ0) is 37.8. The third-order valence-electron chi connectivity index (χ3n) is 9.84. The summed E-state index contributed by atoms with van der Waals surface area (Å²) in [7, 11) is 0. The van der Waals surface area contributed by atoms with Gasteiger partial charge < -0.3 is 19.4 Å². The van der Waals surface area contributed by atoms with Crippen LogP contribution >= 0.6 is 11.6 Å². The first-order chi connectivity index (χ1) is 25.0. The molecule has 0 saturated carbocycles. The first kappa shape index (κ1) is 36.5. The van der Waals surface area contributed by atoms with Crippen LogP contribution in [-0.2, 0) is 9.47 Å². The van der Waals surface area contributed by atoms with Crippen LogP contribution in [0, 0.1) is 11.8 Å². The van der Waals surface area contributed by atoms with E-state index in [1.807, 2.05) is 53.8 Å². The minimum absolute atomic E-state index is 0.150. The van der Waals surface area contributed by atoms with Gasteiger partial charge in [-0.05, 0) is 106 Å². The van der Waals surface area contributed by atoms with Crippen LogP contribution in [0.4, 0.5) is 9.59 Å². The number of ether oxygens (including phenoxy) is 2. The van der Waals surface area contributed by atoms with E-state index < -0.39 is 11.2 Å². The Kier molecular flexibility index (Phi) is 9.55. The minimum atomic E-state index is -0.581. The van der Waals surface area contributed by atoms with E-state index >= 15 is 0 Å². The van der Waals surface area contributed by atoms with Gasteiger partial charge in [-0.3, -0.25) is 9.80 Å². The molecule has 0 bridgehead atoms. The third-order valence-corrected chi connectivity index (χ3v) is 10.1. The standard InChI is InChI=1S/C42H49ClN6O4/c1-24-17-33(48(22-24)39(50)52-41(3,4)5)37-44-21-32(45-37)27-11-9-26(10-12-27)28-13-14-30-20-31(16-15-29(30)19-28)35-36(43)47-38(46-35)34-18-25(2)23-49(34)40(51)53-42(6,7)8/h9-16,19-21,24-25,33-34H,17-18,22-23H2,1-8H3,(H,44,45)(H,46,47)/t24-,25?,33-,34?/m0/s1. The number of nitrogens with zero attached hydrogens (tertiary/aromatic N) is 4. The summed E-state index contributed by atoms with van der Waals surface area (Å²) in [5, 5.41) is 2.55. The molecule has 10 nitrogen and oxygen atoms in total. The van der Waals surface area contributed by atoms with Crippen molar-refractivity contribution in [1.82, 2.24) is 29.7 Å². The number of carbonyl (C=O) groups is 2. The summed E-state index contributed by atoms with van der Waals surface area (Å²) in [5.41, 5.74) is 4.65. The Hall–Kier alpha value is -4.83. The van der Waals surface area contributed by atoms with Gasteiger partial charge in [0, 0.05) is 18.7 Å². The van der Waals surface area contributed by atoms with Gasteiger partial charge in [-0.1, -0.05) is 74.0 Å². The summed E-state index contributed by atoms with van der Waals surface area (Å²) in [6.45, 7) is 16.8. The second-order valence-electron chi connectivity index (χ2n) is 16.8. The SMILES string of the molecule is CC1CC(c2nc(Cl)c(-c3ccc4cc(-c5ccc(-c6cnc([C@@H]7C[C@H](C)CN7C(=O)OC(C)(C)C)[nH]6)cc5)ccc4c3)[nH]2)N(C(=O)OC(C)(C)C)C1. The van der Waals surface area contributed by atoms with Crippen molar-refractivity contribution < 1.29 is 19.1 Å². The lowest BCUT2D eigenvalue weighted by Crippen LogP contribution is -2.37. The monoisotopic (exact) mass is 736 g/mol. The highest BCUT2D eigenvalue weighted by Crippen LogP contribution is 2.39. The molecule has 2 N–H and O–H groups in total. The van der Waals surface area contributed by atoms with E-state index in [4.69, 9.17) is 26.1 Å². The number of aromatic amines is 2. The number of likely N-dealkylation sites (tertiary alicyclic amines) is 2. The van der Waals surface area contributed by atoms with Gasteiger partial charge in [0.2, 0.25) is 0 Å². The number of benzene rings is 3. The Balaban J connectivity index is 1.06. The predicted molar refractivity (Wildman–Crippen MR) is 208 cm³/mol. The van der Waals surface area contributed by atoms with E-state index in [0.717, 1.165) is 63.1 Å². The highest BCUT2D eigenvalue weighted by atomic mass is 35.5. The molecule has 2 aliphatic rings. The molecule has 0 radical (unpaired) electrons. The summed E-state index contributed by atoms with van der Waals surface area (Å²) >= 11 is 6.72. The maximum absolute atomic E-state index is 13.0. The van der Waals surface area contributed by atoms with E-state index in [1.54, 1.807) is 9.80 Å². The number of H-pyrrole nitrogens is 2. The van der Waals surface area contributed by atoms with Crippen molar-refractivity contribution in [1.29, 1.82) is 0 Å². The molecule has 0 spiro atoms. The fraction of sp³-hybridized carbons (Fsp3) is 0.429. The van der Waals surface area contributed by atoms with E-state index in [0.29, 0.717) is 35.9 Å². The van der Waals surface area contributed by atoms with Crippen LogP contribution in [0.5, 0.6) is 0 Å². The molecule has 2 saturated heterocycles. The van der Waals surface area contributed by atoms with Crippen molar-refractivity contribution in [3.63, 3.8) is 0 Å². The maximum atomic E-state index is 13.0. The first-order valence-corrected chi connectivity index (χ1v) is 18.8. The van der Waals surface area contributed by atoms with Crippen molar-refractivity contribution >= 4 is 34.6 Å². The van der Waals surface area contributed by atoms with Crippen LogP contribution in [0.2, 0.25) is 5.15 Å².